The van der Waals surface area contributed by atoms with Crippen LogP contribution in [0.5, 0.6) is 5.75 Å². The van der Waals surface area contributed by atoms with Crippen LogP contribution in [-0.2, 0) is 0 Å². The normalized spacial score (nSPS) is 16.4. The first-order valence-corrected chi connectivity index (χ1v) is 11.6. The highest BCUT2D eigenvalue weighted by atomic mass is 16.5. The summed E-state index contributed by atoms with van der Waals surface area (Å²) in [5, 5.41) is 12.4. The summed E-state index contributed by atoms with van der Waals surface area (Å²) >= 11 is 0. The number of nitrogens with zero attached hydrogens (tertiary/aromatic N) is 2. The lowest BCUT2D eigenvalue weighted by Gasteiger charge is -2.42. The molecule has 174 valence electrons. The van der Waals surface area contributed by atoms with Crippen LogP contribution in [0.4, 0.5) is 5.69 Å². The van der Waals surface area contributed by atoms with Crippen LogP contribution in [0, 0.1) is 0 Å². The average Bonchev–Trinajstić information content (AvgIpc) is 3.34. The number of para-hydroxylation sites is 3. The fraction of sp³-hybridized carbons (Fsp3) is 0.250. The molecule has 5 rings (SSSR count). The highest BCUT2D eigenvalue weighted by molar-refractivity contribution is 6.10. The Morgan fingerprint density at radius 2 is 1.59 bits per heavy atom. The molecule has 3 aromatic carbocycles. The van der Waals surface area contributed by atoms with Crippen LogP contribution in [0.15, 0.2) is 85.1 Å². The third-order valence-electron chi connectivity index (χ3n) is 6.71. The number of hydrogen-bond donors (Lipinski definition) is 2. The van der Waals surface area contributed by atoms with E-state index in [-0.39, 0.29) is 5.78 Å². The van der Waals surface area contributed by atoms with Gasteiger partial charge in [-0.15, -0.1) is 0 Å². The lowest BCUT2D eigenvalue weighted by molar-refractivity contribution is 0.0359. The number of nitrogens with one attached hydrogen (secondary N) is 1. The molecule has 1 saturated heterocycles. The van der Waals surface area contributed by atoms with Crippen molar-refractivity contribution in [2.75, 3.05) is 38.2 Å². The molecule has 0 saturated carbocycles. The predicted octanol–water partition coefficient (Wildman–Crippen LogP) is 4.28. The molecule has 0 spiro atoms. The van der Waals surface area contributed by atoms with Crippen LogP contribution in [0.25, 0.3) is 10.9 Å². The summed E-state index contributed by atoms with van der Waals surface area (Å²) in [6.45, 7) is 3.05. The number of methoxy groups -OCH3 is 1. The van der Waals surface area contributed by atoms with Crippen LogP contribution in [0.3, 0.4) is 0 Å². The quantitative estimate of drug-likeness (QED) is 0.407. The molecule has 2 heterocycles. The Morgan fingerprint density at radius 1 is 0.912 bits per heavy atom. The lowest BCUT2D eigenvalue weighted by Crippen LogP contribution is -2.51. The van der Waals surface area contributed by atoms with Crippen molar-refractivity contribution in [3.05, 3.63) is 96.2 Å². The van der Waals surface area contributed by atoms with Crippen molar-refractivity contribution in [1.82, 2.24) is 9.88 Å². The summed E-state index contributed by atoms with van der Waals surface area (Å²) in [6, 6.07) is 25.1. The number of piperazine rings is 1. The van der Waals surface area contributed by atoms with Gasteiger partial charge in [-0.25, -0.2) is 0 Å². The van der Waals surface area contributed by atoms with Crippen LogP contribution >= 0.6 is 0 Å². The predicted molar refractivity (Wildman–Crippen MR) is 135 cm³/mol. The monoisotopic (exact) mass is 455 g/mol. The van der Waals surface area contributed by atoms with Gasteiger partial charge in [-0.05, 0) is 24.3 Å². The first kappa shape index (κ1) is 22.2. The Balaban J connectivity index is 1.46. The van der Waals surface area contributed by atoms with E-state index < -0.39 is 12.1 Å². The molecule has 0 aliphatic carbocycles. The third-order valence-corrected chi connectivity index (χ3v) is 6.71. The standard InChI is InChI=1S/C28H29N3O3/c1-34-25-14-8-6-12-22(25)26(31-17-15-30(16-18-31)20-9-3-2-4-10-20)28(33)27(32)23-19-29-24-13-7-5-11-21(23)24/h2-14,19,26,28-29,33H,15-18H2,1H3. The number of aromatic nitrogens is 1. The van der Waals surface area contributed by atoms with Gasteiger partial charge in [-0.1, -0.05) is 54.6 Å². The molecule has 1 fully saturated rings. The number of fused-ring (bicyclic) bond motifs is 1. The number of hydrogen-bond acceptors (Lipinski definition) is 5. The first-order valence-electron chi connectivity index (χ1n) is 11.6. The molecular formula is C28H29N3O3. The molecule has 1 aliphatic heterocycles. The zero-order valence-electron chi connectivity index (χ0n) is 19.2. The van der Waals surface area contributed by atoms with Crippen LogP contribution in [-0.4, -0.2) is 60.2 Å². The van der Waals surface area contributed by atoms with Crippen molar-refractivity contribution >= 4 is 22.4 Å². The van der Waals surface area contributed by atoms with E-state index in [2.05, 4.69) is 26.9 Å². The molecule has 1 aliphatic rings. The Kier molecular flexibility index (Phi) is 6.34. The number of ketones is 1. The summed E-state index contributed by atoms with van der Waals surface area (Å²) in [5.74, 6) is 0.377. The number of ether oxygens (including phenoxy) is 1. The fourth-order valence-corrected chi connectivity index (χ4v) is 4.95. The zero-order valence-corrected chi connectivity index (χ0v) is 19.2. The Hall–Kier alpha value is -3.61. The Bertz CT molecular complexity index is 1260. The lowest BCUT2D eigenvalue weighted by atomic mass is 9.92. The minimum Gasteiger partial charge on any atom is -0.496 e. The summed E-state index contributed by atoms with van der Waals surface area (Å²) in [5.41, 5.74) is 3.39. The highest BCUT2D eigenvalue weighted by Gasteiger charge is 2.37. The number of Topliss-reactive ketones (excluding diaryl/α,β-unsaturated/α-hetero) is 1. The largest absolute Gasteiger partial charge is 0.496 e. The smallest absolute Gasteiger partial charge is 0.195 e. The molecule has 6 heteroatoms. The number of aromatic amines is 1. The van der Waals surface area contributed by atoms with Crippen molar-refractivity contribution < 1.29 is 14.6 Å². The van der Waals surface area contributed by atoms with Crippen molar-refractivity contribution in [1.29, 1.82) is 0 Å². The molecule has 34 heavy (non-hydrogen) atoms. The molecule has 6 nitrogen and oxygen atoms in total. The van der Waals surface area contributed by atoms with Gasteiger partial charge in [-0.2, -0.15) is 0 Å². The van der Waals surface area contributed by atoms with Crippen LogP contribution in [0.1, 0.15) is 22.0 Å². The molecule has 1 aromatic heterocycles. The number of rotatable bonds is 7. The average molecular weight is 456 g/mol. The topological polar surface area (TPSA) is 68.8 Å². The maximum atomic E-state index is 13.6. The highest BCUT2D eigenvalue weighted by Crippen LogP contribution is 2.35. The molecule has 0 radical (unpaired) electrons. The second-order valence-electron chi connectivity index (χ2n) is 8.60. The Labute approximate surface area is 199 Å². The van der Waals surface area contributed by atoms with E-state index in [1.807, 2.05) is 66.7 Å². The van der Waals surface area contributed by atoms with Crippen molar-refractivity contribution in [2.24, 2.45) is 0 Å². The van der Waals surface area contributed by atoms with Gasteiger partial charge in [-0.3, -0.25) is 9.69 Å². The van der Waals surface area contributed by atoms with Crippen LogP contribution < -0.4 is 9.64 Å². The maximum Gasteiger partial charge on any atom is 0.195 e. The minimum atomic E-state index is -1.24. The number of H-pyrrole nitrogens is 1. The number of aliphatic hydroxyl groups is 1. The maximum absolute atomic E-state index is 13.6. The molecule has 0 amide bonds. The van der Waals surface area contributed by atoms with E-state index in [9.17, 15) is 9.90 Å². The first-order chi connectivity index (χ1) is 16.7. The summed E-state index contributed by atoms with van der Waals surface area (Å²) in [7, 11) is 1.62. The van der Waals surface area contributed by atoms with Gasteiger partial charge in [0.15, 0.2) is 5.78 Å². The number of carbonyl (C=O) groups is 1. The summed E-state index contributed by atoms with van der Waals surface area (Å²) < 4.78 is 5.63. The third kappa shape index (κ3) is 4.18. The Morgan fingerprint density at radius 3 is 2.35 bits per heavy atom. The number of anilines is 1. The molecule has 2 atom stereocenters. The summed E-state index contributed by atoms with van der Waals surface area (Å²) in [6.07, 6.45) is 0.460. The second-order valence-corrected chi connectivity index (χ2v) is 8.60. The van der Waals surface area contributed by atoms with Gasteiger partial charge in [0.1, 0.15) is 11.9 Å². The van der Waals surface area contributed by atoms with Gasteiger partial charge in [0.2, 0.25) is 0 Å². The van der Waals surface area contributed by atoms with Crippen molar-refractivity contribution in [3.8, 4) is 5.75 Å². The van der Waals surface area contributed by atoms with Gasteiger partial charge < -0.3 is 19.7 Å². The SMILES string of the molecule is COc1ccccc1C(C(O)C(=O)c1c[nH]c2ccccc12)N1CCN(c2ccccc2)CC1. The fourth-order valence-electron chi connectivity index (χ4n) is 4.95. The van der Waals surface area contributed by atoms with E-state index in [1.165, 1.54) is 5.69 Å². The van der Waals surface area contributed by atoms with Gasteiger partial charge >= 0.3 is 0 Å². The molecule has 2 unspecified atom stereocenters. The molecule has 0 bridgehead atoms. The molecule has 4 aromatic rings. The number of benzene rings is 3. The van der Waals surface area contributed by atoms with E-state index in [0.717, 1.165) is 42.6 Å². The van der Waals surface area contributed by atoms with E-state index >= 15 is 0 Å². The zero-order chi connectivity index (χ0) is 23.5. The van der Waals surface area contributed by atoms with Crippen LogP contribution in [0.2, 0.25) is 0 Å². The van der Waals surface area contributed by atoms with Gasteiger partial charge in [0, 0.05) is 60.1 Å². The minimum absolute atomic E-state index is 0.293. The van der Waals surface area contributed by atoms with E-state index in [0.29, 0.717) is 11.3 Å². The molecular weight excluding hydrogens is 426 g/mol. The number of carbonyl (C=O) groups excluding carboxylic acids is 1. The van der Waals surface area contributed by atoms with Crippen molar-refractivity contribution in [2.45, 2.75) is 12.1 Å². The van der Waals surface area contributed by atoms with Gasteiger partial charge in [0.25, 0.3) is 0 Å². The number of aliphatic hydroxyl groups excluding tert-OH is 1. The van der Waals surface area contributed by atoms with E-state index in [1.54, 1.807) is 13.3 Å². The van der Waals surface area contributed by atoms with E-state index in [4.69, 9.17) is 4.74 Å². The second kappa shape index (κ2) is 9.71. The summed E-state index contributed by atoms with van der Waals surface area (Å²) in [4.78, 5) is 21.3. The van der Waals surface area contributed by atoms with Crippen molar-refractivity contribution in [3.63, 3.8) is 0 Å². The molecule has 2 N–H and O–H groups in total. The van der Waals surface area contributed by atoms with Gasteiger partial charge in [0.05, 0.1) is 13.2 Å².